The number of phenolic OH excluding ortho intramolecular Hbond substituents is 1. The SMILES string of the molecule is CC(C)(C)OC(=O)NCCC(=O)NCCCNC(=O)c1cccc(O)c1. The van der Waals surface area contributed by atoms with Gasteiger partial charge in [0.1, 0.15) is 11.4 Å². The molecule has 0 aliphatic rings. The summed E-state index contributed by atoms with van der Waals surface area (Å²) >= 11 is 0. The standard InChI is InChI=1S/C18H27N3O5/c1-18(2,3)26-17(25)21-11-8-15(23)19-9-5-10-20-16(24)13-6-4-7-14(22)12-13/h4,6-7,12,22H,5,8-11H2,1-3H3,(H,19,23)(H,20,24)(H,21,25). The highest BCUT2D eigenvalue weighted by atomic mass is 16.6. The zero-order chi connectivity index (χ0) is 19.6. The van der Waals surface area contributed by atoms with Crippen LogP contribution in [0.2, 0.25) is 0 Å². The van der Waals surface area contributed by atoms with E-state index < -0.39 is 11.7 Å². The molecule has 144 valence electrons. The van der Waals surface area contributed by atoms with Crippen molar-refractivity contribution >= 4 is 17.9 Å². The van der Waals surface area contributed by atoms with E-state index in [4.69, 9.17) is 4.74 Å². The van der Waals surface area contributed by atoms with Crippen LogP contribution in [0.4, 0.5) is 4.79 Å². The van der Waals surface area contributed by atoms with Crippen LogP contribution in [-0.4, -0.2) is 48.2 Å². The number of benzene rings is 1. The Balaban J connectivity index is 2.09. The molecule has 4 N–H and O–H groups in total. The van der Waals surface area contributed by atoms with Gasteiger partial charge >= 0.3 is 6.09 Å². The second-order valence-electron chi connectivity index (χ2n) is 6.69. The average Bonchev–Trinajstić information content (AvgIpc) is 2.52. The van der Waals surface area contributed by atoms with Gasteiger partial charge in [0.25, 0.3) is 5.91 Å². The third-order valence-corrected chi connectivity index (χ3v) is 3.09. The molecule has 1 aromatic rings. The summed E-state index contributed by atoms with van der Waals surface area (Å²) in [4.78, 5) is 34.9. The Morgan fingerprint density at radius 3 is 2.38 bits per heavy atom. The zero-order valence-corrected chi connectivity index (χ0v) is 15.4. The van der Waals surface area contributed by atoms with Gasteiger partial charge in [-0.25, -0.2) is 4.79 Å². The van der Waals surface area contributed by atoms with Crippen LogP contribution in [0.25, 0.3) is 0 Å². The van der Waals surface area contributed by atoms with Gasteiger partial charge in [0.2, 0.25) is 5.91 Å². The Morgan fingerprint density at radius 2 is 1.73 bits per heavy atom. The number of aromatic hydroxyl groups is 1. The Hall–Kier alpha value is -2.77. The summed E-state index contributed by atoms with van der Waals surface area (Å²) in [5.74, 6) is -0.445. The first kappa shape index (κ1) is 21.3. The normalized spacial score (nSPS) is 10.7. The van der Waals surface area contributed by atoms with Crippen molar-refractivity contribution in [2.45, 2.75) is 39.2 Å². The summed E-state index contributed by atoms with van der Waals surface area (Å²) < 4.78 is 5.06. The molecule has 0 spiro atoms. The van der Waals surface area contributed by atoms with Crippen LogP contribution in [0.5, 0.6) is 5.75 Å². The van der Waals surface area contributed by atoms with Crippen LogP contribution in [0.15, 0.2) is 24.3 Å². The van der Waals surface area contributed by atoms with Crippen molar-refractivity contribution in [3.8, 4) is 5.75 Å². The van der Waals surface area contributed by atoms with E-state index in [1.165, 1.54) is 12.1 Å². The van der Waals surface area contributed by atoms with Crippen molar-refractivity contribution in [3.63, 3.8) is 0 Å². The fourth-order valence-electron chi connectivity index (χ4n) is 1.95. The fourth-order valence-corrected chi connectivity index (χ4v) is 1.95. The minimum Gasteiger partial charge on any atom is -0.508 e. The fraction of sp³-hybridized carbons (Fsp3) is 0.500. The Kier molecular flexibility index (Phi) is 8.41. The van der Waals surface area contributed by atoms with E-state index in [2.05, 4.69) is 16.0 Å². The summed E-state index contributed by atoms with van der Waals surface area (Å²) in [6.07, 6.45) is 0.157. The quantitative estimate of drug-likeness (QED) is 0.522. The van der Waals surface area contributed by atoms with Crippen molar-refractivity contribution in [1.29, 1.82) is 0 Å². The van der Waals surface area contributed by atoms with Crippen LogP contribution in [0.1, 0.15) is 44.0 Å². The van der Waals surface area contributed by atoms with Gasteiger partial charge in [-0.1, -0.05) is 6.07 Å². The van der Waals surface area contributed by atoms with Crippen LogP contribution in [-0.2, 0) is 9.53 Å². The molecule has 26 heavy (non-hydrogen) atoms. The van der Waals surface area contributed by atoms with Crippen molar-refractivity contribution in [2.24, 2.45) is 0 Å². The van der Waals surface area contributed by atoms with E-state index in [1.54, 1.807) is 32.9 Å². The molecule has 0 aromatic heterocycles. The van der Waals surface area contributed by atoms with Crippen LogP contribution in [0, 0.1) is 0 Å². The number of carbonyl (C=O) groups excluding carboxylic acids is 3. The smallest absolute Gasteiger partial charge is 0.407 e. The highest BCUT2D eigenvalue weighted by Crippen LogP contribution is 2.10. The first-order valence-electron chi connectivity index (χ1n) is 8.48. The van der Waals surface area contributed by atoms with Crippen molar-refractivity contribution in [1.82, 2.24) is 16.0 Å². The van der Waals surface area contributed by atoms with Crippen LogP contribution in [0.3, 0.4) is 0 Å². The number of hydrogen-bond acceptors (Lipinski definition) is 5. The lowest BCUT2D eigenvalue weighted by Gasteiger charge is -2.19. The molecule has 0 atom stereocenters. The second kappa shape index (κ2) is 10.3. The maximum Gasteiger partial charge on any atom is 0.407 e. The molecule has 0 fully saturated rings. The van der Waals surface area contributed by atoms with Gasteiger partial charge in [-0.05, 0) is 45.4 Å². The molecule has 8 nitrogen and oxygen atoms in total. The van der Waals surface area contributed by atoms with Gasteiger partial charge in [0.05, 0.1) is 0 Å². The van der Waals surface area contributed by atoms with Gasteiger partial charge in [0.15, 0.2) is 0 Å². The van der Waals surface area contributed by atoms with Crippen molar-refractivity contribution < 1.29 is 24.2 Å². The van der Waals surface area contributed by atoms with E-state index in [9.17, 15) is 19.5 Å². The molecule has 0 aliphatic heterocycles. The largest absolute Gasteiger partial charge is 0.508 e. The van der Waals surface area contributed by atoms with E-state index in [-0.39, 0.29) is 30.5 Å². The van der Waals surface area contributed by atoms with Gasteiger partial charge in [0, 0.05) is 31.6 Å². The lowest BCUT2D eigenvalue weighted by molar-refractivity contribution is -0.120. The number of amides is 3. The molecule has 0 bridgehead atoms. The molecular weight excluding hydrogens is 338 g/mol. The minimum absolute atomic E-state index is 0.0323. The molecular formula is C18H27N3O5. The van der Waals surface area contributed by atoms with Crippen LogP contribution >= 0.6 is 0 Å². The predicted octanol–water partition coefficient (Wildman–Crippen LogP) is 1.54. The van der Waals surface area contributed by atoms with E-state index >= 15 is 0 Å². The molecule has 1 rings (SSSR count). The molecule has 0 saturated heterocycles. The molecule has 0 radical (unpaired) electrons. The van der Waals surface area contributed by atoms with Gasteiger partial charge in [-0.3, -0.25) is 9.59 Å². The molecule has 0 unspecified atom stereocenters. The van der Waals surface area contributed by atoms with Gasteiger partial charge < -0.3 is 25.8 Å². The maximum atomic E-state index is 11.8. The number of rotatable bonds is 8. The number of carbonyl (C=O) groups is 3. The van der Waals surface area contributed by atoms with Crippen molar-refractivity contribution in [3.05, 3.63) is 29.8 Å². The number of alkyl carbamates (subject to hydrolysis) is 1. The van der Waals surface area contributed by atoms with E-state index in [0.29, 0.717) is 25.1 Å². The topological polar surface area (TPSA) is 117 Å². The molecule has 3 amide bonds. The summed E-state index contributed by atoms with van der Waals surface area (Å²) in [6, 6.07) is 6.07. The molecule has 8 heteroatoms. The Bertz CT molecular complexity index is 625. The molecule has 0 aliphatic carbocycles. The lowest BCUT2D eigenvalue weighted by Crippen LogP contribution is -2.35. The summed E-state index contributed by atoms with van der Waals surface area (Å²) in [7, 11) is 0. The van der Waals surface area contributed by atoms with Gasteiger partial charge in [-0.15, -0.1) is 0 Å². The summed E-state index contributed by atoms with van der Waals surface area (Å²) in [6.45, 7) is 6.28. The highest BCUT2D eigenvalue weighted by molar-refractivity contribution is 5.94. The minimum atomic E-state index is -0.574. The average molecular weight is 365 g/mol. The highest BCUT2D eigenvalue weighted by Gasteiger charge is 2.15. The number of nitrogens with one attached hydrogen (secondary N) is 3. The number of phenols is 1. The second-order valence-corrected chi connectivity index (χ2v) is 6.69. The summed E-state index contributed by atoms with van der Waals surface area (Å²) in [5.41, 5.74) is -0.197. The van der Waals surface area contributed by atoms with Crippen molar-refractivity contribution in [2.75, 3.05) is 19.6 Å². The predicted molar refractivity (Wildman–Crippen MR) is 96.9 cm³/mol. The number of ether oxygens (including phenoxy) is 1. The summed E-state index contributed by atoms with van der Waals surface area (Å²) in [5, 5.41) is 17.3. The lowest BCUT2D eigenvalue weighted by atomic mass is 10.2. The van der Waals surface area contributed by atoms with E-state index in [0.717, 1.165) is 0 Å². The third-order valence-electron chi connectivity index (χ3n) is 3.09. The number of hydrogen-bond donors (Lipinski definition) is 4. The molecule has 0 heterocycles. The Labute approximate surface area is 153 Å². The first-order chi connectivity index (χ1) is 12.2. The van der Waals surface area contributed by atoms with Crippen LogP contribution < -0.4 is 16.0 Å². The van der Waals surface area contributed by atoms with Gasteiger partial charge in [-0.2, -0.15) is 0 Å². The molecule has 1 aromatic carbocycles. The molecule has 0 saturated carbocycles. The first-order valence-corrected chi connectivity index (χ1v) is 8.48. The van der Waals surface area contributed by atoms with E-state index in [1.807, 2.05) is 0 Å². The zero-order valence-electron chi connectivity index (χ0n) is 15.4. The maximum absolute atomic E-state index is 11.8. The monoisotopic (exact) mass is 365 g/mol. The third kappa shape index (κ3) is 9.51. The Morgan fingerprint density at radius 1 is 1.04 bits per heavy atom.